The lowest BCUT2D eigenvalue weighted by Gasteiger charge is -2.00. The summed E-state index contributed by atoms with van der Waals surface area (Å²) in [6.45, 7) is 3.80. The number of aromatic nitrogens is 1. The molecular weight excluding hydrogens is 225 g/mol. The van der Waals surface area contributed by atoms with E-state index in [1.165, 1.54) is 0 Å². The second-order valence-corrected chi connectivity index (χ2v) is 4.19. The molecule has 1 heterocycles. The minimum atomic E-state index is 0.501. The van der Waals surface area contributed by atoms with Crippen molar-refractivity contribution in [1.29, 1.82) is 0 Å². The van der Waals surface area contributed by atoms with E-state index in [-0.39, 0.29) is 0 Å². The molecule has 0 radical (unpaired) electrons. The fraction of sp³-hybridized carbons (Fsp3) is 0.222. The Morgan fingerprint density at radius 1 is 1.54 bits per heavy atom. The average molecular weight is 234 g/mol. The summed E-state index contributed by atoms with van der Waals surface area (Å²) in [5.41, 5.74) is 1.00. The molecule has 0 aliphatic carbocycles. The third-order valence-electron chi connectivity index (χ3n) is 1.31. The molecule has 0 aromatic carbocycles. The molecule has 0 atom stereocenters. The van der Waals surface area contributed by atoms with Crippen molar-refractivity contribution >= 4 is 35.0 Å². The summed E-state index contributed by atoms with van der Waals surface area (Å²) in [5.74, 6) is 1.30. The van der Waals surface area contributed by atoms with Crippen LogP contribution in [0.5, 0.6) is 0 Å². The molecule has 0 saturated carbocycles. The van der Waals surface area contributed by atoms with Crippen LogP contribution in [0.15, 0.2) is 35.5 Å². The highest BCUT2D eigenvalue weighted by molar-refractivity contribution is 7.99. The lowest BCUT2D eigenvalue weighted by atomic mass is 10.4. The van der Waals surface area contributed by atoms with E-state index in [0.717, 1.165) is 16.4 Å². The zero-order valence-electron chi connectivity index (χ0n) is 6.96. The first-order chi connectivity index (χ1) is 6.22. The van der Waals surface area contributed by atoms with E-state index in [9.17, 15) is 0 Å². The lowest BCUT2D eigenvalue weighted by Crippen LogP contribution is -1.87. The molecule has 4 heteroatoms. The third-order valence-corrected chi connectivity index (χ3v) is 3.00. The highest BCUT2D eigenvalue weighted by Gasteiger charge is 1.97. The maximum Gasteiger partial charge on any atom is 0.0964 e. The van der Waals surface area contributed by atoms with Gasteiger partial charge in [0, 0.05) is 17.8 Å². The number of alkyl halides is 1. The molecule has 0 N–H and O–H groups in total. The van der Waals surface area contributed by atoms with Crippen LogP contribution in [-0.4, -0.2) is 16.6 Å². The fourth-order valence-corrected chi connectivity index (χ4v) is 1.73. The van der Waals surface area contributed by atoms with Crippen molar-refractivity contribution in [2.45, 2.75) is 5.03 Å². The average Bonchev–Trinajstić information content (AvgIpc) is 2.16. The summed E-state index contributed by atoms with van der Waals surface area (Å²) in [4.78, 5) is 4.13. The molecule has 0 unspecified atom stereocenters. The van der Waals surface area contributed by atoms with Gasteiger partial charge in [-0.1, -0.05) is 23.8 Å². The Bertz CT molecular complexity index is 284. The van der Waals surface area contributed by atoms with Crippen molar-refractivity contribution in [1.82, 2.24) is 4.98 Å². The van der Waals surface area contributed by atoms with E-state index >= 15 is 0 Å². The van der Waals surface area contributed by atoms with Crippen LogP contribution >= 0.6 is 35.0 Å². The van der Waals surface area contributed by atoms with Gasteiger partial charge in [-0.15, -0.1) is 23.4 Å². The predicted octanol–water partition coefficient (Wildman–Crippen LogP) is 3.62. The summed E-state index contributed by atoms with van der Waals surface area (Å²) in [5, 5.41) is 1.59. The molecule has 1 aromatic heterocycles. The summed E-state index contributed by atoms with van der Waals surface area (Å²) >= 11 is 12.9. The summed E-state index contributed by atoms with van der Waals surface area (Å²) in [6, 6.07) is 3.70. The lowest BCUT2D eigenvalue weighted by molar-refractivity contribution is 1.13. The van der Waals surface area contributed by atoms with Crippen molar-refractivity contribution in [3.8, 4) is 0 Å². The van der Waals surface area contributed by atoms with Crippen LogP contribution in [0, 0.1) is 0 Å². The van der Waals surface area contributed by atoms with Gasteiger partial charge in [-0.3, -0.25) is 0 Å². The van der Waals surface area contributed by atoms with Gasteiger partial charge in [0.2, 0.25) is 0 Å². The van der Waals surface area contributed by atoms with Crippen molar-refractivity contribution in [2.24, 2.45) is 0 Å². The Kier molecular flexibility index (Phi) is 4.64. The minimum absolute atomic E-state index is 0.501. The van der Waals surface area contributed by atoms with Gasteiger partial charge in [0.25, 0.3) is 0 Å². The molecule has 0 aliphatic heterocycles. The standard InChI is InChI=1S/C9H9Cl2NS/c1-7(4-10)6-13-9-3-2-8(11)5-12-9/h2-3,5H,1,4,6H2. The first kappa shape index (κ1) is 10.9. The van der Waals surface area contributed by atoms with Crippen LogP contribution < -0.4 is 0 Å². The highest BCUT2D eigenvalue weighted by Crippen LogP contribution is 2.19. The molecule has 1 nitrogen and oxygen atoms in total. The minimum Gasteiger partial charge on any atom is -0.248 e. The zero-order valence-corrected chi connectivity index (χ0v) is 9.29. The monoisotopic (exact) mass is 233 g/mol. The second-order valence-electron chi connectivity index (χ2n) is 2.49. The van der Waals surface area contributed by atoms with E-state index in [0.29, 0.717) is 10.9 Å². The van der Waals surface area contributed by atoms with Crippen LogP contribution in [-0.2, 0) is 0 Å². The van der Waals surface area contributed by atoms with E-state index < -0.39 is 0 Å². The van der Waals surface area contributed by atoms with E-state index in [4.69, 9.17) is 23.2 Å². The smallest absolute Gasteiger partial charge is 0.0964 e. The molecule has 0 fully saturated rings. The zero-order chi connectivity index (χ0) is 9.68. The Morgan fingerprint density at radius 2 is 2.31 bits per heavy atom. The highest BCUT2D eigenvalue weighted by atomic mass is 35.5. The predicted molar refractivity (Wildman–Crippen MR) is 59.8 cm³/mol. The molecule has 1 aromatic rings. The van der Waals surface area contributed by atoms with Gasteiger partial charge in [-0.05, 0) is 12.1 Å². The number of thioether (sulfide) groups is 1. The fourth-order valence-electron chi connectivity index (χ4n) is 0.662. The first-order valence-corrected chi connectivity index (χ1v) is 5.59. The molecule has 70 valence electrons. The van der Waals surface area contributed by atoms with Crippen LogP contribution in [0.25, 0.3) is 0 Å². The van der Waals surface area contributed by atoms with Crippen LogP contribution in [0.3, 0.4) is 0 Å². The molecule has 1 rings (SSSR count). The molecule has 0 saturated heterocycles. The number of hydrogen-bond acceptors (Lipinski definition) is 2. The van der Waals surface area contributed by atoms with Crippen LogP contribution in [0.4, 0.5) is 0 Å². The van der Waals surface area contributed by atoms with Gasteiger partial charge in [0.15, 0.2) is 0 Å². The van der Waals surface area contributed by atoms with Gasteiger partial charge < -0.3 is 0 Å². The van der Waals surface area contributed by atoms with Gasteiger partial charge >= 0.3 is 0 Å². The summed E-state index contributed by atoms with van der Waals surface area (Å²) in [7, 11) is 0. The molecule has 13 heavy (non-hydrogen) atoms. The number of hydrogen-bond donors (Lipinski definition) is 0. The molecule has 0 spiro atoms. The molecular formula is C9H9Cl2NS. The third kappa shape index (κ3) is 4.03. The molecule has 0 amide bonds. The van der Waals surface area contributed by atoms with Gasteiger partial charge in [0.1, 0.15) is 0 Å². The number of nitrogens with zero attached hydrogens (tertiary/aromatic N) is 1. The summed E-state index contributed by atoms with van der Waals surface area (Å²) in [6.07, 6.45) is 1.63. The van der Waals surface area contributed by atoms with Gasteiger partial charge in [0.05, 0.1) is 10.0 Å². The largest absolute Gasteiger partial charge is 0.248 e. The van der Waals surface area contributed by atoms with Crippen molar-refractivity contribution in [3.05, 3.63) is 35.5 Å². The Balaban J connectivity index is 2.46. The molecule has 0 aliphatic rings. The SMILES string of the molecule is C=C(CCl)CSc1ccc(Cl)cn1. The number of pyridine rings is 1. The van der Waals surface area contributed by atoms with Gasteiger partial charge in [-0.25, -0.2) is 4.98 Å². The quantitative estimate of drug-likeness (QED) is 0.448. The van der Waals surface area contributed by atoms with Crippen molar-refractivity contribution in [3.63, 3.8) is 0 Å². The van der Waals surface area contributed by atoms with Crippen molar-refractivity contribution < 1.29 is 0 Å². The Labute approximate surface area is 92.2 Å². The topological polar surface area (TPSA) is 12.9 Å². The van der Waals surface area contributed by atoms with Crippen molar-refractivity contribution in [2.75, 3.05) is 11.6 Å². The number of halogens is 2. The van der Waals surface area contributed by atoms with E-state index in [2.05, 4.69) is 11.6 Å². The summed E-state index contributed by atoms with van der Waals surface area (Å²) < 4.78 is 0. The number of rotatable bonds is 4. The second kappa shape index (κ2) is 5.53. The maximum atomic E-state index is 5.69. The Hall–Kier alpha value is -0.180. The van der Waals surface area contributed by atoms with Gasteiger partial charge in [-0.2, -0.15) is 0 Å². The van der Waals surface area contributed by atoms with Crippen LogP contribution in [0.1, 0.15) is 0 Å². The molecule has 0 bridgehead atoms. The van der Waals surface area contributed by atoms with E-state index in [1.54, 1.807) is 18.0 Å². The maximum absolute atomic E-state index is 5.69. The first-order valence-electron chi connectivity index (χ1n) is 3.69. The Morgan fingerprint density at radius 3 is 2.85 bits per heavy atom. The van der Waals surface area contributed by atoms with E-state index in [1.807, 2.05) is 12.1 Å². The normalized spacial score (nSPS) is 10.0. The van der Waals surface area contributed by atoms with Crippen LogP contribution in [0.2, 0.25) is 5.02 Å².